The van der Waals surface area contributed by atoms with Crippen LogP contribution in [0.4, 0.5) is 17.2 Å². The monoisotopic (exact) mass is 417 g/mol. The summed E-state index contributed by atoms with van der Waals surface area (Å²) < 4.78 is 5.51. The highest BCUT2D eigenvalue weighted by atomic mass is 16.5. The van der Waals surface area contributed by atoms with Crippen molar-refractivity contribution in [1.82, 2.24) is 15.3 Å². The topological polar surface area (TPSA) is 88.2 Å². The number of methoxy groups -OCH3 is 1. The van der Waals surface area contributed by atoms with E-state index >= 15 is 0 Å². The molecule has 0 bridgehead atoms. The van der Waals surface area contributed by atoms with Crippen molar-refractivity contribution in [2.45, 2.75) is 26.2 Å². The van der Waals surface area contributed by atoms with Crippen molar-refractivity contribution < 1.29 is 9.53 Å². The second kappa shape index (κ2) is 9.57. The van der Waals surface area contributed by atoms with Gasteiger partial charge in [-0.15, -0.1) is 0 Å². The molecule has 0 unspecified atom stereocenters. The molecule has 3 aromatic rings. The smallest absolute Gasteiger partial charge is 0.248 e. The zero-order valence-electron chi connectivity index (χ0n) is 17.9. The zero-order chi connectivity index (χ0) is 21.6. The molecule has 1 aromatic heterocycles. The number of carbonyl (C=O) groups excluding carboxylic acids is 1. The molecule has 160 valence electrons. The summed E-state index contributed by atoms with van der Waals surface area (Å²) in [6.45, 7) is 3.94. The predicted molar refractivity (Wildman–Crippen MR) is 124 cm³/mol. The first-order chi connectivity index (χ1) is 15.2. The summed E-state index contributed by atoms with van der Waals surface area (Å²) in [5.41, 5.74) is 4.67. The Balaban J connectivity index is 1.65. The van der Waals surface area contributed by atoms with Crippen LogP contribution in [0.5, 0.6) is 5.75 Å². The molecular formula is C24H27N5O2. The van der Waals surface area contributed by atoms with Crippen LogP contribution in [-0.2, 0) is 11.2 Å². The Morgan fingerprint density at radius 1 is 1.19 bits per heavy atom. The number of ether oxygens (including phenoxy) is 1. The first-order valence-corrected chi connectivity index (χ1v) is 10.6. The number of benzene rings is 2. The molecule has 1 amide bonds. The number of nitrogens with zero attached hydrogens (tertiary/aromatic N) is 2. The van der Waals surface area contributed by atoms with Crippen molar-refractivity contribution in [2.24, 2.45) is 0 Å². The van der Waals surface area contributed by atoms with E-state index in [-0.39, 0.29) is 5.91 Å². The largest absolute Gasteiger partial charge is 0.494 e. The first-order valence-electron chi connectivity index (χ1n) is 10.6. The maximum Gasteiger partial charge on any atom is 0.248 e. The van der Waals surface area contributed by atoms with Crippen LogP contribution in [0.25, 0.3) is 10.9 Å². The lowest BCUT2D eigenvalue weighted by Gasteiger charge is -2.16. The van der Waals surface area contributed by atoms with E-state index in [1.807, 2.05) is 24.3 Å². The van der Waals surface area contributed by atoms with E-state index in [2.05, 4.69) is 45.0 Å². The van der Waals surface area contributed by atoms with Gasteiger partial charge in [-0.1, -0.05) is 24.6 Å². The Kier molecular flexibility index (Phi) is 6.43. The molecule has 7 heteroatoms. The van der Waals surface area contributed by atoms with Crippen LogP contribution in [0.1, 0.15) is 25.3 Å². The number of nitrogens with one attached hydrogen (secondary N) is 3. The van der Waals surface area contributed by atoms with Crippen molar-refractivity contribution in [3.8, 4) is 5.75 Å². The number of anilines is 3. The van der Waals surface area contributed by atoms with E-state index < -0.39 is 0 Å². The second-order valence-electron chi connectivity index (χ2n) is 7.51. The van der Waals surface area contributed by atoms with Gasteiger partial charge in [-0.2, -0.15) is 0 Å². The van der Waals surface area contributed by atoms with Gasteiger partial charge in [-0.3, -0.25) is 4.79 Å². The van der Waals surface area contributed by atoms with Crippen molar-refractivity contribution in [3.05, 3.63) is 59.9 Å². The van der Waals surface area contributed by atoms with Gasteiger partial charge >= 0.3 is 0 Å². The van der Waals surface area contributed by atoms with Crippen molar-refractivity contribution in [2.75, 3.05) is 30.8 Å². The van der Waals surface area contributed by atoms with Crippen LogP contribution >= 0.6 is 0 Å². The first kappa shape index (κ1) is 20.8. The summed E-state index contributed by atoms with van der Waals surface area (Å²) in [4.78, 5) is 21.4. The molecular weight excluding hydrogens is 390 g/mol. The van der Waals surface area contributed by atoms with E-state index in [1.165, 1.54) is 11.9 Å². The summed E-state index contributed by atoms with van der Waals surface area (Å²) in [6, 6.07) is 11.9. The quantitative estimate of drug-likeness (QED) is 0.521. The van der Waals surface area contributed by atoms with E-state index in [9.17, 15) is 4.79 Å². The van der Waals surface area contributed by atoms with E-state index in [1.54, 1.807) is 13.2 Å². The minimum Gasteiger partial charge on any atom is -0.494 e. The molecule has 0 spiro atoms. The van der Waals surface area contributed by atoms with Gasteiger partial charge in [-0.25, -0.2) is 9.97 Å². The Hall–Kier alpha value is -3.45. The molecule has 1 fully saturated rings. The predicted octanol–water partition coefficient (Wildman–Crippen LogP) is 4.19. The molecule has 2 aromatic carbocycles. The minimum absolute atomic E-state index is 0.156. The van der Waals surface area contributed by atoms with E-state index in [0.29, 0.717) is 17.3 Å². The van der Waals surface area contributed by atoms with Gasteiger partial charge in [0.25, 0.3) is 0 Å². The van der Waals surface area contributed by atoms with Gasteiger partial charge in [0, 0.05) is 23.2 Å². The fraction of sp³-hybridized carbons (Fsp3) is 0.292. The Labute approximate surface area is 181 Å². The molecule has 1 aliphatic rings. The Morgan fingerprint density at radius 2 is 2.03 bits per heavy atom. The Bertz CT molecular complexity index is 1120. The highest BCUT2D eigenvalue weighted by Crippen LogP contribution is 2.33. The molecule has 7 nitrogen and oxygen atoms in total. The van der Waals surface area contributed by atoms with Crippen LogP contribution in [0, 0.1) is 0 Å². The molecule has 0 saturated carbocycles. The second-order valence-corrected chi connectivity index (χ2v) is 7.51. The molecule has 0 radical (unpaired) electrons. The average Bonchev–Trinajstić information content (AvgIpc) is 2.80. The zero-order valence-corrected chi connectivity index (χ0v) is 17.9. The lowest BCUT2D eigenvalue weighted by molar-refractivity contribution is -0.112. The normalized spacial score (nSPS) is 13.7. The number of amides is 1. The molecule has 31 heavy (non-hydrogen) atoms. The molecule has 4 rings (SSSR count). The van der Waals surface area contributed by atoms with Crippen molar-refractivity contribution in [1.29, 1.82) is 0 Å². The van der Waals surface area contributed by atoms with Gasteiger partial charge < -0.3 is 20.7 Å². The van der Waals surface area contributed by atoms with Crippen LogP contribution in [0.2, 0.25) is 0 Å². The van der Waals surface area contributed by atoms with E-state index in [4.69, 9.17) is 4.74 Å². The van der Waals surface area contributed by atoms with Gasteiger partial charge in [0.15, 0.2) is 0 Å². The molecule has 3 N–H and O–H groups in total. The van der Waals surface area contributed by atoms with Crippen LogP contribution < -0.4 is 20.7 Å². The standard InChI is InChI=1S/C24H27N5O2/c1-3-16-5-4-6-18(11-16)28-24-19-13-21(22(31-2)14-20(19)26-15-27-24)29-23(30)12-17-7-9-25-10-8-17/h4-6,11-15,25H,3,7-10H2,1-2H3,(H,29,30)(H,26,27,28). The number of carbonyl (C=O) groups is 1. The third kappa shape index (κ3) is 5.00. The summed E-state index contributed by atoms with van der Waals surface area (Å²) in [5, 5.41) is 10.4. The van der Waals surface area contributed by atoms with Crippen LogP contribution in [-0.4, -0.2) is 36.1 Å². The summed E-state index contributed by atoms with van der Waals surface area (Å²) in [5.74, 6) is 1.08. The van der Waals surface area contributed by atoms with Crippen molar-refractivity contribution in [3.63, 3.8) is 0 Å². The fourth-order valence-corrected chi connectivity index (χ4v) is 3.70. The lowest BCUT2D eigenvalue weighted by Crippen LogP contribution is -2.24. The number of hydrogen-bond acceptors (Lipinski definition) is 6. The number of aromatic nitrogens is 2. The number of rotatable bonds is 6. The van der Waals surface area contributed by atoms with Gasteiger partial charge in [-0.05, 0) is 56.1 Å². The van der Waals surface area contributed by atoms with Gasteiger partial charge in [0.2, 0.25) is 5.91 Å². The number of piperidine rings is 1. The number of fused-ring (bicyclic) bond motifs is 1. The molecule has 0 aliphatic carbocycles. The minimum atomic E-state index is -0.156. The van der Waals surface area contributed by atoms with E-state index in [0.717, 1.165) is 54.5 Å². The fourth-order valence-electron chi connectivity index (χ4n) is 3.70. The molecule has 1 aliphatic heterocycles. The highest BCUT2D eigenvalue weighted by molar-refractivity contribution is 6.04. The summed E-state index contributed by atoms with van der Waals surface area (Å²) in [6.07, 6.45) is 5.95. The highest BCUT2D eigenvalue weighted by Gasteiger charge is 2.14. The summed E-state index contributed by atoms with van der Waals surface area (Å²) in [7, 11) is 1.58. The average molecular weight is 418 g/mol. The maximum absolute atomic E-state index is 12.6. The molecule has 0 atom stereocenters. The van der Waals surface area contributed by atoms with Crippen molar-refractivity contribution >= 4 is 34.0 Å². The summed E-state index contributed by atoms with van der Waals surface area (Å²) >= 11 is 0. The molecule has 2 heterocycles. The number of hydrogen-bond donors (Lipinski definition) is 3. The molecule has 1 saturated heterocycles. The maximum atomic E-state index is 12.6. The third-order valence-electron chi connectivity index (χ3n) is 5.39. The van der Waals surface area contributed by atoms with Crippen LogP contribution in [0.15, 0.2) is 54.4 Å². The SMILES string of the molecule is CCc1cccc(Nc2ncnc3cc(OC)c(NC(=O)C=C4CCNCC4)cc23)c1. The van der Waals surface area contributed by atoms with Gasteiger partial charge in [0.05, 0.1) is 18.3 Å². The number of aryl methyl sites for hydroxylation is 1. The lowest BCUT2D eigenvalue weighted by atomic mass is 10.1. The Morgan fingerprint density at radius 3 is 2.81 bits per heavy atom. The third-order valence-corrected chi connectivity index (χ3v) is 5.39. The van der Waals surface area contributed by atoms with Crippen LogP contribution in [0.3, 0.4) is 0 Å². The van der Waals surface area contributed by atoms with Gasteiger partial charge in [0.1, 0.15) is 17.9 Å².